The third-order valence-corrected chi connectivity index (χ3v) is 2.59. The number of carbonyl (C=O) groups is 3. The van der Waals surface area contributed by atoms with Crippen molar-refractivity contribution in [2.24, 2.45) is 17.2 Å². The summed E-state index contributed by atoms with van der Waals surface area (Å²) < 4.78 is 0. The van der Waals surface area contributed by atoms with Gasteiger partial charge in [0.15, 0.2) is 0 Å². The first-order valence-corrected chi connectivity index (χ1v) is 5.63. The minimum absolute atomic E-state index is 0.0722. The SMILES string of the molecule is NC(=O)CC(N)C(=O)Nc1ccc(Cl)c(C(N)=O)c1. The van der Waals surface area contributed by atoms with Crippen LogP contribution in [0.1, 0.15) is 16.8 Å². The van der Waals surface area contributed by atoms with Crippen molar-refractivity contribution < 1.29 is 14.4 Å². The molecule has 1 unspecified atom stereocenters. The van der Waals surface area contributed by atoms with Gasteiger partial charge in [-0.15, -0.1) is 0 Å². The van der Waals surface area contributed by atoms with Crippen molar-refractivity contribution >= 4 is 35.0 Å². The van der Waals surface area contributed by atoms with E-state index in [-0.39, 0.29) is 17.0 Å². The first-order valence-electron chi connectivity index (χ1n) is 5.25. The highest BCUT2D eigenvalue weighted by Crippen LogP contribution is 2.20. The molecular formula is C11H13ClN4O3. The summed E-state index contributed by atoms with van der Waals surface area (Å²) in [7, 11) is 0. The van der Waals surface area contributed by atoms with Gasteiger partial charge in [0.1, 0.15) is 0 Å². The summed E-state index contributed by atoms with van der Waals surface area (Å²) in [6, 6.07) is 3.14. The monoisotopic (exact) mass is 284 g/mol. The van der Waals surface area contributed by atoms with Crippen LogP contribution in [0, 0.1) is 0 Å². The average molecular weight is 285 g/mol. The Bertz CT molecular complexity index is 533. The maximum absolute atomic E-state index is 11.6. The van der Waals surface area contributed by atoms with E-state index < -0.39 is 23.8 Å². The maximum atomic E-state index is 11.6. The molecule has 19 heavy (non-hydrogen) atoms. The highest BCUT2D eigenvalue weighted by atomic mass is 35.5. The quantitative estimate of drug-likeness (QED) is 0.582. The molecule has 0 saturated carbocycles. The van der Waals surface area contributed by atoms with Gasteiger partial charge in [-0.05, 0) is 18.2 Å². The van der Waals surface area contributed by atoms with E-state index in [1.165, 1.54) is 18.2 Å². The minimum Gasteiger partial charge on any atom is -0.370 e. The third-order valence-electron chi connectivity index (χ3n) is 2.26. The van der Waals surface area contributed by atoms with Crippen molar-refractivity contribution in [1.82, 2.24) is 0 Å². The molecule has 0 aliphatic carbocycles. The van der Waals surface area contributed by atoms with Crippen LogP contribution in [0.25, 0.3) is 0 Å². The zero-order valence-electron chi connectivity index (χ0n) is 9.85. The Morgan fingerprint density at radius 3 is 2.42 bits per heavy atom. The lowest BCUT2D eigenvalue weighted by atomic mass is 10.1. The summed E-state index contributed by atoms with van der Waals surface area (Å²) >= 11 is 5.76. The third kappa shape index (κ3) is 4.23. The number of primary amides is 2. The summed E-state index contributed by atoms with van der Waals surface area (Å²) in [6.07, 6.45) is -0.276. The molecule has 0 heterocycles. The molecule has 7 nitrogen and oxygen atoms in total. The van der Waals surface area contributed by atoms with E-state index in [9.17, 15) is 14.4 Å². The number of amides is 3. The van der Waals surface area contributed by atoms with Crippen molar-refractivity contribution in [3.05, 3.63) is 28.8 Å². The van der Waals surface area contributed by atoms with Crippen LogP contribution in [0.3, 0.4) is 0 Å². The molecule has 0 aliphatic rings. The number of benzene rings is 1. The Morgan fingerprint density at radius 2 is 1.89 bits per heavy atom. The molecule has 1 rings (SSSR count). The number of anilines is 1. The molecule has 0 aliphatic heterocycles. The van der Waals surface area contributed by atoms with Crippen molar-refractivity contribution in [2.75, 3.05) is 5.32 Å². The molecule has 0 saturated heterocycles. The fraction of sp³-hybridized carbons (Fsp3) is 0.182. The molecule has 1 aromatic carbocycles. The van der Waals surface area contributed by atoms with Gasteiger partial charge < -0.3 is 22.5 Å². The molecule has 0 radical (unpaired) electrons. The Hall–Kier alpha value is -2.12. The fourth-order valence-corrected chi connectivity index (χ4v) is 1.55. The number of nitrogens with two attached hydrogens (primary N) is 3. The van der Waals surface area contributed by atoms with Crippen LogP contribution >= 0.6 is 11.6 Å². The van der Waals surface area contributed by atoms with Gasteiger partial charge in [0.25, 0.3) is 0 Å². The van der Waals surface area contributed by atoms with Crippen molar-refractivity contribution in [3.63, 3.8) is 0 Å². The Kier molecular flexibility index (Phi) is 4.85. The molecule has 3 amide bonds. The summed E-state index contributed by atoms with van der Waals surface area (Å²) in [5.74, 6) is -2.00. The summed E-state index contributed by atoms with van der Waals surface area (Å²) in [6.45, 7) is 0. The minimum atomic E-state index is -1.06. The normalized spacial score (nSPS) is 11.7. The lowest BCUT2D eigenvalue weighted by Gasteiger charge is -2.11. The van der Waals surface area contributed by atoms with Crippen molar-refractivity contribution in [3.8, 4) is 0 Å². The standard InChI is InChI=1S/C11H13ClN4O3/c12-7-2-1-5(3-6(7)10(15)18)16-11(19)8(13)4-9(14)17/h1-3,8H,4,13H2,(H2,14,17)(H2,15,18)(H,16,19). The lowest BCUT2D eigenvalue weighted by molar-refractivity contribution is -0.123. The van der Waals surface area contributed by atoms with E-state index in [0.717, 1.165) is 0 Å². The number of hydrogen-bond acceptors (Lipinski definition) is 4. The van der Waals surface area contributed by atoms with Gasteiger partial charge in [0, 0.05) is 5.69 Å². The van der Waals surface area contributed by atoms with Crippen molar-refractivity contribution in [2.45, 2.75) is 12.5 Å². The van der Waals surface area contributed by atoms with E-state index in [1.54, 1.807) is 0 Å². The Balaban J connectivity index is 2.83. The molecule has 1 atom stereocenters. The maximum Gasteiger partial charge on any atom is 0.250 e. The van der Waals surface area contributed by atoms with Gasteiger partial charge in [0.2, 0.25) is 17.7 Å². The number of nitrogens with one attached hydrogen (secondary N) is 1. The van der Waals surface area contributed by atoms with Crippen LogP contribution < -0.4 is 22.5 Å². The predicted molar refractivity (Wildman–Crippen MR) is 70.4 cm³/mol. The average Bonchev–Trinajstić information content (AvgIpc) is 2.30. The fourth-order valence-electron chi connectivity index (χ4n) is 1.34. The second-order valence-electron chi connectivity index (χ2n) is 3.83. The van der Waals surface area contributed by atoms with Crippen LogP contribution in [0.15, 0.2) is 18.2 Å². The second kappa shape index (κ2) is 6.17. The molecule has 102 valence electrons. The first-order chi connectivity index (χ1) is 8.81. The van der Waals surface area contributed by atoms with E-state index >= 15 is 0 Å². The molecule has 0 spiro atoms. The number of hydrogen-bond donors (Lipinski definition) is 4. The first kappa shape index (κ1) is 14.9. The molecular weight excluding hydrogens is 272 g/mol. The summed E-state index contributed by atoms with van der Waals surface area (Å²) in [5.41, 5.74) is 15.9. The van der Waals surface area contributed by atoms with Gasteiger partial charge >= 0.3 is 0 Å². The molecule has 0 aromatic heterocycles. The molecule has 1 aromatic rings. The lowest BCUT2D eigenvalue weighted by Crippen LogP contribution is -2.39. The van der Waals surface area contributed by atoms with Gasteiger partial charge in [0.05, 0.1) is 23.0 Å². The topological polar surface area (TPSA) is 141 Å². The van der Waals surface area contributed by atoms with E-state index in [1.807, 2.05) is 0 Å². The second-order valence-corrected chi connectivity index (χ2v) is 4.23. The number of halogens is 1. The molecule has 7 N–H and O–H groups in total. The Morgan fingerprint density at radius 1 is 1.26 bits per heavy atom. The van der Waals surface area contributed by atoms with Crippen LogP contribution in [0.4, 0.5) is 5.69 Å². The molecule has 0 fully saturated rings. The van der Waals surface area contributed by atoms with Crippen LogP contribution in [-0.4, -0.2) is 23.8 Å². The van der Waals surface area contributed by atoms with Crippen molar-refractivity contribution in [1.29, 1.82) is 0 Å². The summed E-state index contributed by atoms with van der Waals surface area (Å²) in [4.78, 5) is 33.3. The smallest absolute Gasteiger partial charge is 0.250 e. The van der Waals surface area contributed by atoms with Gasteiger partial charge in [-0.2, -0.15) is 0 Å². The zero-order chi connectivity index (χ0) is 14.6. The Labute approximate surface area is 114 Å². The predicted octanol–water partition coefficient (Wildman–Crippen LogP) is -0.420. The van der Waals surface area contributed by atoms with E-state index in [2.05, 4.69) is 5.32 Å². The van der Waals surface area contributed by atoms with Crippen LogP contribution in [0.5, 0.6) is 0 Å². The highest BCUT2D eigenvalue weighted by Gasteiger charge is 2.17. The van der Waals surface area contributed by atoms with Gasteiger partial charge in [-0.25, -0.2) is 0 Å². The molecule has 0 bridgehead atoms. The summed E-state index contributed by atoms with van der Waals surface area (Å²) in [5, 5.41) is 2.60. The number of carbonyl (C=O) groups excluding carboxylic acids is 3. The zero-order valence-corrected chi connectivity index (χ0v) is 10.6. The van der Waals surface area contributed by atoms with E-state index in [0.29, 0.717) is 5.69 Å². The van der Waals surface area contributed by atoms with Crippen LogP contribution in [-0.2, 0) is 9.59 Å². The van der Waals surface area contributed by atoms with E-state index in [4.69, 9.17) is 28.8 Å². The largest absolute Gasteiger partial charge is 0.370 e. The van der Waals surface area contributed by atoms with Crippen LogP contribution in [0.2, 0.25) is 5.02 Å². The molecule has 8 heteroatoms. The highest BCUT2D eigenvalue weighted by molar-refractivity contribution is 6.34. The van der Waals surface area contributed by atoms with Gasteiger partial charge in [-0.3, -0.25) is 14.4 Å². The van der Waals surface area contributed by atoms with Gasteiger partial charge in [-0.1, -0.05) is 11.6 Å². The number of rotatable bonds is 5.